The first kappa shape index (κ1) is 16.1. The second-order valence-corrected chi connectivity index (χ2v) is 5.58. The number of benzene rings is 2. The summed E-state index contributed by atoms with van der Waals surface area (Å²) in [6.07, 6.45) is -0.496. The summed E-state index contributed by atoms with van der Waals surface area (Å²) in [7, 11) is 0. The van der Waals surface area contributed by atoms with Crippen LogP contribution in [0.4, 0.5) is 10.1 Å². The molecule has 0 saturated carbocycles. The van der Waals surface area contributed by atoms with Gasteiger partial charge in [0.2, 0.25) is 11.7 Å². The quantitative estimate of drug-likeness (QED) is 0.753. The van der Waals surface area contributed by atoms with Crippen molar-refractivity contribution >= 4 is 5.69 Å². The van der Waals surface area contributed by atoms with Crippen molar-refractivity contribution in [1.29, 1.82) is 0 Å². The first-order chi connectivity index (χ1) is 11.6. The van der Waals surface area contributed by atoms with Crippen LogP contribution in [-0.2, 0) is 6.54 Å². The third-order valence-corrected chi connectivity index (χ3v) is 3.50. The van der Waals surface area contributed by atoms with Gasteiger partial charge in [0.15, 0.2) is 0 Å². The molecule has 1 atom stereocenters. The minimum absolute atomic E-state index is 0.311. The molecule has 0 spiro atoms. The summed E-state index contributed by atoms with van der Waals surface area (Å²) in [5.74, 6) is 0.531. The van der Waals surface area contributed by atoms with E-state index < -0.39 is 6.10 Å². The Labute approximate surface area is 139 Å². The third-order valence-electron chi connectivity index (χ3n) is 3.50. The van der Waals surface area contributed by atoms with Gasteiger partial charge in [-0.25, -0.2) is 4.39 Å². The molecule has 0 unspecified atom stereocenters. The molecular formula is C18H18FN3O2. The van der Waals surface area contributed by atoms with Crippen LogP contribution in [0.3, 0.4) is 0 Å². The van der Waals surface area contributed by atoms with Crippen molar-refractivity contribution in [3.8, 4) is 11.4 Å². The molecule has 0 radical (unpaired) electrons. The van der Waals surface area contributed by atoms with Crippen LogP contribution in [0.25, 0.3) is 11.4 Å². The minimum Gasteiger partial charge on any atom is -0.392 e. The van der Waals surface area contributed by atoms with Gasteiger partial charge in [-0.15, -0.1) is 0 Å². The van der Waals surface area contributed by atoms with Gasteiger partial charge >= 0.3 is 0 Å². The van der Waals surface area contributed by atoms with Crippen molar-refractivity contribution in [3.63, 3.8) is 0 Å². The molecule has 0 bridgehead atoms. The zero-order valence-corrected chi connectivity index (χ0v) is 13.3. The second kappa shape index (κ2) is 7.23. The molecule has 1 heterocycles. The van der Waals surface area contributed by atoms with Gasteiger partial charge in [0.25, 0.3) is 0 Å². The zero-order chi connectivity index (χ0) is 16.9. The molecule has 3 aromatic rings. The second-order valence-electron chi connectivity index (χ2n) is 5.58. The molecule has 2 aromatic carbocycles. The van der Waals surface area contributed by atoms with Crippen LogP contribution >= 0.6 is 0 Å². The van der Waals surface area contributed by atoms with E-state index in [9.17, 15) is 9.50 Å². The number of aliphatic hydroxyl groups excluding tert-OH is 1. The standard InChI is InChI=1S/C18H18FN3O2/c1-13(23)11-22(16-5-3-2-4-6-16)12-17-20-18(21-24-17)14-7-9-15(19)10-8-14/h2-10,13,23H,11-12H2,1H3/t13-/m1/s1. The Morgan fingerprint density at radius 1 is 1.12 bits per heavy atom. The Morgan fingerprint density at radius 2 is 1.83 bits per heavy atom. The summed E-state index contributed by atoms with van der Waals surface area (Å²) in [6, 6.07) is 15.6. The topological polar surface area (TPSA) is 62.4 Å². The van der Waals surface area contributed by atoms with E-state index in [-0.39, 0.29) is 5.82 Å². The smallest absolute Gasteiger partial charge is 0.246 e. The van der Waals surface area contributed by atoms with Crippen molar-refractivity contribution in [3.05, 3.63) is 66.3 Å². The Bertz CT molecular complexity index is 772. The van der Waals surface area contributed by atoms with Crippen LogP contribution < -0.4 is 4.90 Å². The van der Waals surface area contributed by atoms with Crippen LogP contribution in [0.2, 0.25) is 0 Å². The minimum atomic E-state index is -0.496. The molecule has 1 N–H and O–H groups in total. The highest BCUT2D eigenvalue weighted by Gasteiger charge is 2.15. The van der Waals surface area contributed by atoms with Crippen molar-refractivity contribution in [2.24, 2.45) is 0 Å². The fourth-order valence-corrected chi connectivity index (χ4v) is 2.42. The SMILES string of the molecule is C[C@@H](O)CN(Cc1nc(-c2ccc(F)cc2)no1)c1ccccc1. The third kappa shape index (κ3) is 3.97. The number of hydrogen-bond acceptors (Lipinski definition) is 5. The number of halogens is 1. The van der Waals surface area contributed by atoms with E-state index in [1.807, 2.05) is 35.2 Å². The van der Waals surface area contributed by atoms with Crippen molar-refractivity contribution in [1.82, 2.24) is 10.1 Å². The van der Waals surface area contributed by atoms with Gasteiger partial charge in [0, 0.05) is 17.8 Å². The summed E-state index contributed by atoms with van der Waals surface area (Å²) >= 11 is 0. The van der Waals surface area contributed by atoms with E-state index >= 15 is 0 Å². The average Bonchev–Trinajstić information content (AvgIpc) is 3.04. The predicted octanol–water partition coefficient (Wildman–Crippen LogP) is 3.26. The van der Waals surface area contributed by atoms with Gasteiger partial charge in [-0.05, 0) is 43.3 Å². The summed E-state index contributed by atoms with van der Waals surface area (Å²) in [6.45, 7) is 2.55. The average molecular weight is 327 g/mol. The van der Waals surface area contributed by atoms with E-state index in [0.29, 0.717) is 30.4 Å². The highest BCUT2D eigenvalue weighted by atomic mass is 19.1. The summed E-state index contributed by atoms with van der Waals surface area (Å²) < 4.78 is 18.3. The van der Waals surface area contributed by atoms with Crippen LogP contribution in [0.15, 0.2) is 59.1 Å². The normalized spacial score (nSPS) is 12.1. The lowest BCUT2D eigenvalue weighted by Gasteiger charge is -2.24. The highest BCUT2D eigenvalue weighted by Crippen LogP contribution is 2.20. The van der Waals surface area contributed by atoms with Crippen LogP contribution in [0.1, 0.15) is 12.8 Å². The number of nitrogens with zero attached hydrogens (tertiary/aromatic N) is 3. The number of anilines is 1. The lowest BCUT2D eigenvalue weighted by atomic mass is 10.2. The number of aliphatic hydroxyl groups is 1. The molecule has 0 amide bonds. The maximum absolute atomic E-state index is 13.0. The van der Waals surface area contributed by atoms with Gasteiger partial charge in [0.05, 0.1) is 12.6 Å². The Kier molecular flexibility index (Phi) is 4.86. The highest BCUT2D eigenvalue weighted by molar-refractivity contribution is 5.54. The molecule has 0 aliphatic heterocycles. The van der Waals surface area contributed by atoms with Crippen LogP contribution in [0.5, 0.6) is 0 Å². The van der Waals surface area contributed by atoms with E-state index in [2.05, 4.69) is 10.1 Å². The molecule has 124 valence electrons. The fourth-order valence-electron chi connectivity index (χ4n) is 2.42. The van der Waals surface area contributed by atoms with E-state index in [4.69, 9.17) is 4.52 Å². The molecule has 0 aliphatic carbocycles. The molecule has 5 nitrogen and oxygen atoms in total. The molecule has 3 rings (SSSR count). The van der Waals surface area contributed by atoms with Crippen molar-refractivity contribution < 1.29 is 14.0 Å². The van der Waals surface area contributed by atoms with E-state index in [1.165, 1.54) is 12.1 Å². The zero-order valence-electron chi connectivity index (χ0n) is 13.3. The Hall–Kier alpha value is -2.73. The van der Waals surface area contributed by atoms with Gasteiger partial charge in [-0.2, -0.15) is 4.98 Å². The molecule has 6 heteroatoms. The fraction of sp³-hybridized carbons (Fsp3) is 0.222. The van der Waals surface area contributed by atoms with Crippen molar-refractivity contribution in [2.75, 3.05) is 11.4 Å². The van der Waals surface area contributed by atoms with Gasteiger partial charge in [-0.3, -0.25) is 0 Å². The molecule has 0 fully saturated rings. The van der Waals surface area contributed by atoms with Crippen molar-refractivity contribution in [2.45, 2.75) is 19.6 Å². The lowest BCUT2D eigenvalue weighted by Crippen LogP contribution is -2.30. The summed E-state index contributed by atoms with van der Waals surface area (Å²) in [5.41, 5.74) is 1.65. The number of rotatable bonds is 6. The predicted molar refractivity (Wildman–Crippen MR) is 88.9 cm³/mol. The maximum atomic E-state index is 13.0. The van der Waals surface area contributed by atoms with Crippen LogP contribution in [-0.4, -0.2) is 27.9 Å². The largest absolute Gasteiger partial charge is 0.392 e. The van der Waals surface area contributed by atoms with E-state index in [0.717, 1.165) is 5.69 Å². The van der Waals surface area contributed by atoms with Gasteiger partial charge in [0.1, 0.15) is 5.82 Å². The van der Waals surface area contributed by atoms with Gasteiger partial charge < -0.3 is 14.5 Å². The maximum Gasteiger partial charge on any atom is 0.246 e. The van der Waals surface area contributed by atoms with Gasteiger partial charge in [-0.1, -0.05) is 23.4 Å². The molecule has 0 saturated heterocycles. The number of hydrogen-bond donors (Lipinski definition) is 1. The first-order valence-electron chi connectivity index (χ1n) is 7.68. The molecular weight excluding hydrogens is 309 g/mol. The molecule has 24 heavy (non-hydrogen) atoms. The summed E-state index contributed by atoms with van der Waals surface area (Å²) in [5, 5.41) is 13.7. The van der Waals surface area contributed by atoms with E-state index in [1.54, 1.807) is 19.1 Å². The number of para-hydroxylation sites is 1. The molecule has 0 aliphatic rings. The Morgan fingerprint density at radius 3 is 2.50 bits per heavy atom. The van der Waals surface area contributed by atoms with Crippen LogP contribution in [0, 0.1) is 5.82 Å². The molecule has 1 aromatic heterocycles. The lowest BCUT2D eigenvalue weighted by molar-refractivity contribution is 0.198. The monoisotopic (exact) mass is 327 g/mol. The summed E-state index contributed by atoms with van der Waals surface area (Å²) in [4.78, 5) is 6.32. The Balaban J connectivity index is 1.79. The first-order valence-corrected chi connectivity index (χ1v) is 7.68. The number of aromatic nitrogens is 2.